The van der Waals surface area contributed by atoms with Gasteiger partial charge >= 0.3 is 0 Å². The van der Waals surface area contributed by atoms with Gasteiger partial charge in [-0.1, -0.05) is 30.3 Å². The molecule has 0 amide bonds. The van der Waals surface area contributed by atoms with Crippen LogP contribution in [0.1, 0.15) is 11.1 Å². The second-order valence-corrected chi connectivity index (χ2v) is 5.71. The van der Waals surface area contributed by atoms with Gasteiger partial charge in [-0.15, -0.1) is 0 Å². The molecule has 2 aromatic heterocycles. The Morgan fingerprint density at radius 2 is 2.04 bits per heavy atom. The van der Waals surface area contributed by atoms with Crippen molar-refractivity contribution in [3.63, 3.8) is 0 Å². The molecule has 0 unspecified atom stereocenters. The number of aromatic amines is 1. The van der Waals surface area contributed by atoms with Gasteiger partial charge in [-0.2, -0.15) is 10.2 Å². The van der Waals surface area contributed by atoms with E-state index in [-0.39, 0.29) is 0 Å². The van der Waals surface area contributed by atoms with Crippen molar-refractivity contribution in [3.05, 3.63) is 60.0 Å². The molecule has 0 saturated heterocycles. The first-order valence-electron chi connectivity index (χ1n) is 7.74. The Balaban J connectivity index is 1.74. The van der Waals surface area contributed by atoms with E-state index in [9.17, 15) is 0 Å². The molecule has 3 aromatic rings. The summed E-state index contributed by atoms with van der Waals surface area (Å²) in [5.74, 6) is 0. The summed E-state index contributed by atoms with van der Waals surface area (Å²) in [5, 5.41) is 11.7. The van der Waals surface area contributed by atoms with Gasteiger partial charge in [0.15, 0.2) is 0 Å². The number of benzene rings is 1. The Hall–Kier alpha value is -2.44. The van der Waals surface area contributed by atoms with Crippen LogP contribution in [0.5, 0.6) is 0 Å². The molecular formula is C17H22N6. The van der Waals surface area contributed by atoms with Gasteiger partial charge in [-0.3, -0.25) is 9.78 Å². The van der Waals surface area contributed by atoms with Crippen LogP contribution in [0.2, 0.25) is 0 Å². The molecule has 0 bridgehead atoms. The number of likely N-dealkylation sites (N-methyl/N-ethyl adjacent to an activating group) is 1. The minimum Gasteiger partial charge on any atom is -0.329 e. The highest BCUT2D eigenvalue weighted by Gasteiger charge is 2.11. The van der Waals surface area contributed by atoms with Gasteiger partial charge in [0.1, 0.15) is 0 Å². The number of H-pyrrole nitrogens is 1. The van der Waals surface area contributed by atoms with Gasteiger partial charge in [0.25, 0.3) is 0 Å². The molecule has 3 rings (SSSR count). The first-order chi connectivity index (χ1) is 11.3. The van der Waals surface area contributed by atoms with Gasteiger partial charge < -0.3 is 10.6 Å². The lowest BCUT2D eigenvalue weighted by atomic mass is 10.1. The number of nitrogens with two attached hydrogens (primary N) is 1. The molecule has 0 aliphatic heterocycles. The summed E-state index contributed by atoms with van der Waals surface area (Å²) in [6, 6.07) is 10.3. The summed E-state index contributed by atoms with van der Waals surface area (Å²) in [4.78, 5) is 2.18. The van der Waals surface area contributed by atoms with Crippen LogP contribution in [0.3, 0.4) is 0 Å². The fourth-order valence-electron chi connectivity index (χ4n) is 2.62. The van der Waals surface area contributed by atoms with Gasteiger partial charge in [0.05, 0.1) is 24.6 Å². The molecule has 2 heterocycles. The third-order valence-corrected chi connectivity index (χ3v) is 3.78. The van der Waals surface area contributed by atoms with Crippen molar-refractivity contribution in [1.82, 2.24) is 24.9 Å². The minimum absolute atomic E-state index is 0.651. The van der Waals surface area contributed by atoms with E-state index in [0.717, 1.165) is 36.5 Å². The predicted octanol–water partition coefficient (Wildman–Crippen LogP) is 1.71. The maximum Gasteiger partial charge on any atom is 0.0726 e. The summed E-state index contributed by atoms with van der Waals surface area (Å²) in [6.45, 7) is 3.08. The highest BCUT2D eigenvalue weighted by molar-refractivity contribution is 5.60. The van der Waals surface area contributed by atoms with E-state index >= 15 is 0 Å². The molecule has 6 nitrogen and oxygen atoms in total. The molecule has 3 N–H and O–H groups in total. The van der Waals surface area contributed by atoms with Crippen LogP contribution in [0.15, 0.2) is 48.9 Å². The average Bonchev–Trinajstić information content (AvgIpc) is 3.17. The van der Waals surface area contributed by atoms with Crippen LogP contribution in [-0.4, -0.2) is 45.0 Å². The average molecular weight is 310 g/mol. The SMILES string of the molecule is CN(CCN)Cc1cn[nH]c1-c1cnn(Cc2ccccc2)c1. The predicted molar refractivity (Wildman–Crippen MR) is 90.7 cm³/mol. The number of rotatable bonds is 7. The Labute approximate surface area is 135 Å². The van der Waals surface area contributed by atoms with Crippen LogP contribution >= 0.6 is 0 Å². The quantitative estimate of drug-likeness (QED) is 0.696. The van der Waals surface area contributed by atoms with Crippen LogP contribution in [-0.2, 0) is 13.1 Å². The summed E-state index contributed by atoms with van der Waals surface area (Å²) >= 11 is 0. The molecule has 1 aromatic carbocycles. The molecule has 23 heavy (non-hydrogen) atoms. The first-order valence-corrected chi connectivity index (χ1v) is 7.74. The van der Waals surface area contributed by atoms with E-state index in [1.807, 2.05) is 41.5 Å². The molecule has 0 saturated carbocycles. The van der Waals surface area contributed by atoms with Crippen molar-refractivity contribution in [2.75, 3.05) is 20.1 Å². The van der Waals surface area contributed by atoms with Gasteiger partial charge in [-0.05, 0) is 12.6 Å². The zero-order valence-corrected chi connectivity index (χ0v) is 13.3. The number of hydrogen-bond donors (Lipinski definition) is 2. The largest absolute Gasteiger partial charge is 0.329 e. The zero-order valence-electron chi connectivity index (χ0n) is 13.3. The van der Waals surface area contributed by atoms with Crippen molar-refractivity contribution >= 4 is 0 Å². The van der Waals surface area contributed by atoms with Gasteiger partial charge in [0, 0.05) is 37.0 Å². The molecule has 0 radical (unpaired) electrons. The third-order valence-electron chi connectivity index (χ3n) is 3.78. The third kappa shape index (κ3) is 3.85. The molecule has 6 heteroatoms. The molecular weight excluding hydrogens is 288 g/mol. The van der Waals surface area contributed by atoms with Crippen LogP contribution < -0.4 is 5.73 Å². The molecule has 0 atom stereocenters. The van der Waals surface area contributed by atoms with Crippen molar-refractivity contribution < 1.29 is 0 Å². The molecule has 0 spiro atoms. The standard InChI is InChI=1S/C17H22N6/c1-22(8-7-18)12-15-9-19-21-17(15)16-10-20-23(13-16)11-14-5-3-2-4-6-14/h2-6,9-10,13H,7-8,11-12,18H2,1H3,(H,19,21). The molecule has 0 aliphatic rings. The maximum absolute atomic E-state index is 5.61. The monoisotopic (exact) mass is 310 g/mol. The van der Waals surface area contributed by atoms with E-state index in [1.54, 1.807) is 0 Å². The lowest BCUT2D eigenvalue weighted by Crippen LogP contribution is -2.25. The van der Waals surface area contributed by atoms with Crippen LogP contribution in [0.25, 0.3) is 11.3 Å². The van der Waals surface area contributed by atoms with Crippen LogP contribution in [0, 0.1) is 0 Å². The van der Waals surface area contributed by atoms with Crippen LogP contribution in [0.4, 0.5) is 0 Å². The van der Waals surface area contributed by atoms with Crippen molar-refractivity contribution in [2.24, 2.45) is 5.73 Å². The van der Waals surface area contributed by atoms with Crippen molar-refractivity contribution in [3.8, 4) is 11.3 Å². The Morgan fingerprint density at radius 1 is 1.22 bits per heavy atom. The van der Waals surface area contributed by atoms with Crippen molar-refractivity contribution in [1.29, 1.82) is 0 Å². The lowest BCUT2D eigenvalue weighted by molar-refractivity contribution is 0.337. The molecule has 0 fully saturated rings. The summed E-state index contributed by atoms with van der Waals surface area (Å²) in [7, 11) is 2.06. The zero-order chi connectivity index (χ0) is 16.1. The number of aromatic nitrogens is 4. The second kappa shape index (κ2) is 7.21. The Bertz CT molecular complexity index is 730. The fourth-order valence-corrected chi connectivity index (χ4v) is 2.62. The number of hydrogen-bond acceptors (Lipinski definition) is 4. The van der Waals surface area contributed by atoms with E-state index in [1.165, 1.54) is 5.56 Å². The topological polar surface area (TPSA) is 75.8 Å². The summed E-state index contributed by atoms with van der Waals surface area (Å²) in [5.41, 5.74) is 10.1. The first kappa shape index (κ1) is 15.5. The normalized spacial score (nSPS) is 11.3. The smallest absolute Gasteiger partial charge is 0.0726 e. The van der Waals surface area contributed by atoms with E-state index < -0.39 is 0 Å². The maximum atomic E-state index is 5.61. The van der Waals surface area contributed by atoms with Gasteiger partial charge in [-0.25, -0.2) is 0 Å². The number of nitrogens with one attached hydrogen (secondary N) is 1. The van der Waals surface area contributed by atoms with E-state index in [0.29, 0.717) is 6.54 Å². The Kier molecular flexibility index (Phi) is 4.85. The lowest BCUT2D eigenvalue weighted by Gasteiger charge is -2.14. The summed E-state index contributed by atoms with van der Waals surface area (Å²) in [6.07, 6.45) is 5.80. The van der Waals surface area contributed by atoms with Gasteiger partial charge in [0.2, 0.25) is 0 Å². The highest BCUT2D eigenvalue weighted by Crippen LogP contribution is 2.21. The fraction of sp³-hybridized carbons (Fsp3) is 0.294. The van der Waals surface area contributed by atoms with E-state index in [2.05, 4.69) is 39.4 Å². The number of nitrogens with zero attached hydrogens (tertiary/aromatic N) is 4. The molecule has 120 valence electrons. The minimum atomic E-state index is 0.651. The summed E-state index contributed by atoms with van der Waals surface area (Å²) < 4.78 is 1.94. The highest BCUT2D eigenvalue weighted by atomic mass is 15.3. The second-order valence-electron chi connectivity index (χ2n) is 5.71. The van der Waals surface area contributed by atoms with E-state index in [4.69, 9.17) is 5.73 Å². The Morgan fingerprint density at radius 3 is 2.83 bits per heavy atom. The van der Waals surface area contributed by atoms with Crippen molar-refractivity contribution in [2.45, 2.75) is 13.1 Å². The molecule has 0 aliphatic carbocycles.